The Labute approximate surface area is 129 Å². The summed E-state index contributed by atoms with van der Waals surface area (Å²) in [6, 6.07) is 12.1. The Morgan fingerprint density at radius 3 is 2.64 bits per heavy atom. The van der Waals surface area contributed by atoms with Crippen molar-refractivity contribution < 1.29 is 9.18 Å². The molecule has 2 aromatic rings. The molecule has 5 heteroatoms. The number of hydrogen-bond donors (Lipinski definition) is 2. The van der Waals surface area contributed by atoms with Crippen LogP contribution in [0, 0.1) is 5.82 Å². The molecule has 116 valence electrons. The summed E-state index contributed by atoms with van der Waals surface area (Å²) in [5, 5.41) is 6.04. The van der Waals surface area contributed by atoms with Crippen molar-refractivity contribution in [2.75, 3.05) is 13.1 Å². The van der Waals surface area contributed by atoms with Crippen molar-refractivity contribution in [2.45, 2.75) is 19.4 Å². The Kier molecular flexibility index (Phi) is 6.51. The van der Waals surface area contributed by atoms with Crippen molar-refractivity contribution >= 4 is 5.91 Å². The molecule has 0 fully saturated rings. The van der Waals surface area contributed by atoms with Crippen molar-refractivity contribution in [3.05, 3.63) is 65.7 Å². The number of carbonyl (C=O) groups excluding carboxylic acids is 1. The SMILES string of the molecule is O=C(CCNCCc1ccc(F)cc1)NCc1ccccn1. The first-order chi connectivity index (χ1) is 10.7. The summed E-state index contributed by atoms with van der Waals surface area (Å²) in [5.41, 5.74) is 1.92. The van der Waals surface area contributed by atoms with Gasteiger partial charge in [0.1, 0.15) is 5.82 Å². The topological polar surface area (TPSA) is 54.0 Å². The molecule has 22 heavy (non-hydrogen) atoms. The number of nitrogens with one attached hydrogen (secondary N) is 2. The van der Waals surface area contributed by atoms with E-state index in [1.165, 1.54) is 12.1 Å². The molecule has 0 unspecified atom stereocenters. The van der Waals surface area contributed by atoms with Crippen molar-refractivity contribution in [2.24, 2.45) is 0 Å². The van der Waals surface area contributed by atoms with Crippen LogP contribution in [0.3, 0.4) is 0 Å². The predicted octanol–water partition coefficient (Wildman–Crippen LogP) is 2.06. The van der Waals surface area contributed by atoms with Gasteiger partial charge in [-0.1, -0.05) is 18.2 Å². The molecule has 1 heterocycles. The highest BCUT2D eigenvalue weighted by atomic mass is 19.1. The standard InChI is InChI=1S/C17H20FN3O/c18-15-6-4-14(5-7-15)8-11-19-12-9-17(22)21-13-16-3-1-2-10-20-16/h1-7,10,19H,8-9,11-13H2,(H,21,22). The van der Waals surface area contributed by atoms with Crippen LogP contribution in [0.4, 0.5) is 4.39 Å². The van der Waals surface area contributed by atoms with Gasteiger partial charge in [-0.3, -0.25) is 9.78 Å². The van der Waals surface area contributed by atoms with Gasteiger partial charge in [-0.2, -0.15) is 0 Å². The van der Waals surface area contributed by atoms with E-state index < -0.39 is 0 Å². The fourth-order valence-electron chi connectivity index (χ4n) is 1.99. The summed E-state index contributed by atoms with van der Waals surface area (Å²) >= 11 is 0. The van der Waals surface area contributed by atoms with Crippen molar-refractivity contribution in [3.8, 4) is 0 Å². The van der Waals surface area contributed by atoms with Gasteiger partial charge in [0.15, 0.2) is 0 Å². The van der Waals surface area contributed by atoms with Gasteiger partial charge in [0.2, 0.25) is 5.91 Å². The first-order valence-electron chi connectivity index (χ1n) is 7.36. The van der Waals surface area contributed by atoms with Gasteiger partial charge in [-0.25, -0.2) is 4.39 Å². The minimum absolute atomic E-state index is 0.0000600. The van der Waals surface area contributed by atoms with Crippen molar-refractivity contribution in [3.63, 3.8) is 0 Å². The average Bonchev–Trinajstić information content (AvgIpc) is 2.55. The fourth-order valence-corrected chi connectivity index (χ4v) is 1.99. The zero-order valence-corrected chi connectivity index (χ0v) is 12.4. The van der Waals surface area contributed by atoms with Crippen LogP contribution in [0.1, 0.15) is 17.7 Å². The zero-order chi connectivity index (χ0) is 15.6. The van der Waals surface area contributed by atoms with E-state index in [1.54, 1.807) is 18.3 Å². The monoisotopic (exact) mass is 301 g/mol. The third kappa shape index (κ3) is 6.01. The number of benzene rings is 1. The summed E-state index contributed by atoms with van der Waals surface area (Å²) < 4.78 is 12.7. The molecule has 1 aromatic carbocycles. The second-order valence-corrected chi connectivity index (χ2v) is 4.97. The van der Waals surface area contributed by atoms with Crippen LogP contribution < -0.4 is 10.6 Å². The van der Waals surface area contributed by atoms with E-state index >= 15 is 0 Å². The van der Waals surface area contributed by atoms with Gasteiger partial charge < -0.3 is 10.6 Å². The summed E-state index contributed by atoms with van der Waals surface area (Å²) in [4.78, 5) is 15.8. The highest BCUT2D eigenvalue weighted by molar-refractivity contribution is 5.75. The van der Waals surface area contributed by atoms with Gasteiger partial charge in [0.25, 0.3) is 0 Å². The molecule has 2 rings (SSSR count). The number of amides is 1. The molecule has 0 saturated carbocycles. The highest BCUT2D eigenvalue weighted by Gasteiger charge is 2.01. The molecule has 1 amide bonds. The highest BCUT2D eigenvalue weighted by Crippen LogP contribution is 2.02. The van der Waals surface area contributed by atoms with Crippen molar-refractivity contribution in [1.82, 2.24) is 15.6 Å². The minimum Gasteiger partial charge on any atom is -0.350 e. The zero-order valence-electron chi connectivity index (χ0n) is 12.4. The third-order valence-corrected chi connectivity index (χ3v) is 3.23. The Hall–Kier alpha value is -2.27. The molecule has 0 aliphatic rings. The van der Waals surface area contributed by atoms with Gasteiger partial charge in [0.05, 0.1) is 12.2 Å². The molecule has 0 bridgehead atoms. The lowest BCUT2D eigenvalue weighted by molar-refractivity contribution is -0.121. The number of pyridine rings is 1. The number of nitrogens with zero attached hydrogens (tertiary/aromatic N) is 1. The van der Waals surface area contributed by atoms with Gasteiger partial charge in [-0.15, -0.1) is 0 Å². The molecular formula is C17H20FN3O. The molecule has 0 spiro atoms. The number of halogens is 1. The first kappa shape index (κ1) is 16.1. The van der Waals surface area contributed by atoms with Crippen LogP contribution in [0.2, 0.25) is 0 Å². The van der Waals surface area contributed by atoms with E-state index in [2.05, 4.69) is 15.6 Å². The average molecular weight is 301 g/mol. The van der Waals surface area contributed by atoms with Crippen LogP contribution in [-0.4, -0.2) is 24.0 Å². The van der Waals surface area contributed by atoms with Crippen molar-refractivity contribution in [1.29, 1.82) is 0 Å². The normalized spacial score (nSPS) is 10.4. The minimum atomic E-state index is -0.221. The van der Waals surface area contributed by atoms with E-state index in [9.17, 15) is 9.18 Å². The Morgan fingerprint density at radius 1 is 1.09 bits per heavy atom. The first-order valence-corrected chi connectivity index (χ1v) is 7.36. The Morgan fingerprint density at radius 2 is 1.91 bits per heavy atom. The van der Waals surface area contributed by atoms with Crippen LogP contribution in [0.25, 0.3) is 0 Å². The lowest BCUT2D eigenvalue weighted by Crippen LogP contribution is -2.28. The molecule has 4 nitrogen and oxygen atoms in total. The number of aromatic nitrogens is 1. The third-order valence-electron chi connectivity index (χ3n) is 3.23. The molecule has 0 atom stereocenters. The Bertz CT molecular complexity index is 572. The maximum Gasteiger partial charge on any atom is 0.221 e. The van der Waals surface area contributed by atoms with E-state index in [0.29, 0.717) is 19.5 Å². The lowest BCUT2D eigenvalue weighted by atomic mass is 10.1. The second-order valence-electron chi connectivity index (χ2n) is 4.97. The van der Waals surface area contributed by atoms with Gasteiger partial charge >= 0.3 is 0 Å². The lowest BCUT2D eigenvalue weighted by Gasteiger charge is -2.06. The summed E-state index contributed by atoms with van der Waals surface area (Å²) in [5.74, 6) is -0.221. The van der Waals surface area contributed by atoms with Crippen LogP contribution in [0.5, 0.6) is 0 Å². The summed E-state index contributed by atoms with van der Waals surface area (Å²) in [6.07, 6.45) is 2.95. The predicted molar refractivity (Wildman–Crippen MR) is 83.7 cm³/mol. The molecule has 0 aliphatic carbocycles. The molecule has 0 saturated heterocycles. The summed E-state index contributed by atoms with van der Waals surface area (Å²) in [6.45, 7) is 1.84. The molecule has 1 aromatic heterocycles. The molecular weight excluding hydrogens is 281 g/mol. The Balaban J connectivity index is 1.54. The number of rotatable bonds is 8. The molecule has 0 radical (unpaired) electrons. The van der Waals surface area contributed by atoms with E-state index in [1.807, 2.05) is 18.2 Å². The molecule has 2 N–H and O–H groups in total. The molecule has 0 aliphatic heterocycles. The van der Waals surface area contributed by atoms with Crippen LogP contribution >= 0.6 is 0 Å². The van der Waals surface area contributed by atoms with E-state index in [-0.39, 0.29) is 11.7 Å². The maximum atomic E-state index is 12.7. The van der Waals surface area contributed by atoms with Crippen LogP contribution in [-0.2, 0) is 17.8 Å². The summed E-state index contributed by atoms with van der Waals surface area (Å²) in [7, 11) is 0. The van der Waals surface area contributed by atoms with E-state index in [0.717, 1.165) is 24.2 Å². The van der Waals surface area contributed by atoms with Gasteiger partial charge in [-0.05, 0) is 42.8 Å². The number of carbonyl (C=O) groups is 1. The quantitative estimate of drug-likeness (QED) is 0.734. The number of hydrogen-bond acceptors (Lipinski definition) is 3. The second kappa shape index (κ2) is 8.89. The fraction of sp³-hybridized carbons (Fsp3) is 0.294. The van der Waals surface area contributed by atoms with Gasteiger partial charge in [0, 0.05) is 19.2 Å². The maximum absolute atomic E-state index is 12.7. The van der Waals surface area contributed by atoms with Crippen LogP contribution in [0.15, 0.2) is 48.7 Å². The van der Waals surface area contributed by atoms with E-state index in [4.69, 9.17) is 0 Å². The largest absolute Gasteiger partial charge is 0.350 e. The smallest absolute Gasteiger partial charge is 0.221 e.